The first-order chi connectivity index (χ1) is 9.99. The maximum absolute atomic E-state index is 12.1. The molecule has 1 atom stereocenters. The fourth-order valence-corrected chi connectivity index (χ4v) is 3.31. The van der Waals surface area contributed by atoms with Crippen molar-refractivity contribution in [3.05, 3.63) is 38.5 Å². The maximum atomic E-state index is 12.1. The molecule has 0 aliphatic carbocycles. The first kappa shape index (κ1) is 15.5. The minimum atomic E-state index is -1.08. The Morgan fingerprint density at radius 2 is 2.24 bits per heavy atom. The summed E-state index contributed by atoms with van der Waals surface area (Å²) in [5.41, 5.74) is 2.61. The largest absolute Gasteiger partial charge is 0.479 e. The van der Waals surface area contributed by atoms with Crippen LogP contribution < -0.4 is 5.32 Å². The number of urea groups is 1. The topological polar surface area (TPSA) is 82.5 Å². The summed E-state index contributed by atoms with van der Waals surface area (Å²) >= 11 is 2.77. The second-order valence-electron chi connectivity index (χ2n) is 4.45. The molecular weight excluding hydrogens is 310 g/mol. The van der Waals surface area contributed by atoms with E-state index in [0.29, 0.717) is 11.4 Å². The number of thiophene rings is 1. The number of carboxylic acid groups (broad SMARTS) is 1. The van der Waals surface area contributed by atoms with Gasteiger partial charge in [0, 0.05) is 16.8 Å². The van der Waals surface area contributed by atoms with Gasteiger partial charge in [0.2, 0.25) is 0 Å². The molecule has 0 spiro atoms. The van der Waals surface area contributed by atoms with E-state index in [1.165, 1.54) is 27.6 Å². The SMILES string of the molecule is Cc1ncsc1CN(C)C(=O)NC(C(=O)O)c1cccs1. The highest BCUT2D eigenvalue weighted by Gasteiger charge is 2.24. The number of carbonyl (C=O) groups is 2. The quantitative estimate of drug-likeness (QED) is 0.885. The number of aromatic nitrogens is 1. The van der Waals surface area contributed by atoms with Crippen molar-refractivity contribution in [3.63, 3.8) is 0 Å². The molecule has 2 rings (SSSR count). The molecule has 0 aliphatic heterocycles. The molecule has 0 saturated heterocycles. The molecule has 0 aliphatic rings. The number of nitrogens with zero attached hydrogens (tertiary/aromatic N) is 2. The summed E-state index contributed by atoms with van der Waals surface area (Å²) in [4.78, 5) is 30.6. The first-order valence-electron chi connectivity index (χ1n) is 6.16. The van der Waals surface area contributed by atoms with E-state index in [2.05, 4.69) is 10.3 Å². The van der Waals surface area contributed by atoms with Crippen molar-refractivity contribution in [2.75, 3.05) is 7.05 Å². The van der Waals surface area contributed by atoms with Gasteiger partial charge in [0.1, 0.15) is 0 Å². The summed E-state index contributed by atoms with van der Waals surface area (Å²) in [6.07, 6.45) is 0. The van der Waals surface area contributed by atoms with E-state index in [9.17, 15) is 14.7 Å². The Hall–Kier alpha value is -1.93. The van der Waals surface area contributed by atoms with Crippen LogP contribution in [0.2, 0.25) is 0 Å². The van der Waals surface area contributed by atoms with E-state index >= 15 is 0 Å². The molecule has 2 N–H and O–H groups in total. The van der Waals surface area contributed by atoms with Crippen LogP contribution >= 0.6 is 22.7 Å². The second-order valence-corrected chi connectivity index (χ2v) is 6.37. The standard InChI is InChI=1S/C13H15N3O3S2/c1-8-10(21-7-14-8)6-16(2)13(19)15-11(12(17)18)9-4-3-5-20-9/h3-5,7,11H,6H2,1-2H3,(H,15,19)(H,17,18). The predicted octanol–water partition coefficient (Wildman–Crippen LogP) is 2.48. The summed E-state index contributed by atoms with van der Waals surface area (Å²) < 4.78 is 0. The van der Waals surface area contributed by atoms with Crippen molar-refractivity contribution in [2.45, 2.75) is 19.5 Å². The Labute approximate surface area is 130 Å². The highest BCUT2D eigenvalue weighted by atomic mass is 32.1. The van der Waals surface area contributed by atoms with Gasteiger partial charge in [0.05, 0.1) is 17.7 Å². The minimum absolute atomic E-state index is 0.402. The molecule has 2 amide bonds. The fraction of sp³-hybridized carbons (Fsp3) is 0.308. The number of aliphatic carboxylic acids is 1. The van der Waals surface area contributed by atoms with Gasteiger partial charge in [0.15, 0.2) is 6.04 Å². The second kappa shape index (κ2) is 6.68. The third-order valence-corrected chi connectivity index (χ3v) is 4.77. The average Bonchev–Trinajstić information content (AvgIpc) is 3.08. The van der Waals surface area contributed by atoms with Crippen LogP contribution in [0.25, 0.3) is 0 Å². The molecule has 0 fully saturated rings. The van der Waals surface area contributed by atoms with Crippen LogP contribution in [0.15, 0.2) is 23.0 Å². The van der Waals surface area contributed by atoms with Crippen molar-refractivity contribution < 1.29 is 14.7 Å². The monoisotopic (exact) mass is 325 g/mol. The van der Waals surface area contributed by atoms with Crippen LogP contribution in [-0.2, 0) is 11.3 Å². The summed E-state index contributed by atoms with van der Waals surface area (Å²) in [6.45, 7) is 2.28. The molecule has 2 heterocycles. The van der Waals surface area contributed by atoms with Gasteiger partial charge in [-0.2, -0.15) is 0 Å². The van der Waals surface area contributed by atoms with Crippen molar-refractivity contribution in [2.24, 2.45) is 0 Å². The van der Waals surface area contributed by atoms with Crippen LogP contribution in [0, 0.1) is 6.92 Å². The van der Waals surface area contributed by atoms with Crippen LogP contribution in [0.1, 0.15) is 21.5 Å². The van der Waals surface area contributed by atoms with E-state index in [1.807, 2.05) is 6.92 Å². The Morgan fingerprint density at radius 1 is 1.48 bits per heavy atom. The summed E-state index contributed by atoms with van der Waals surface area (Å²) in [5, 5.41) is 13.6. The molecule has 6 nitrogen and oxygen atoms in total. The van der Waals surface area contributed by atoms with Gasteiger partial charge >= 0.3 is 12.0 Å². The number of amides is 2. The van der Waals surface area contributed by atoms with Gasteiger partial charge in [-0.1, -0.05) is 6.07 Å². The number of rotatable bonds is 5. The number of hydrogen-bond donors (Lipinski definition) is 2. The fourth-order valence-electron chi connectivity index (χ4n) is 1.71. The third-order valence-electron chi connectivity index (χ3n) is 2.91. The van der Waals surface area contributed by atoms with Gasteiger partial charge in [-0.05, 0) is 18.4 Å². The van der Waals surface area contributed by atoms with E-state index in [0.717, 1.165) is 10.6 Å². The van der Waals surface area contributed by atoms with Gasteiger partial charge < -0.3 is 15.3 Å². The van der Waals surface area contributed by atoms with Crippen LogP contribution in [0.3, 0.4) is 0 Å². The maximum Gasteiger partial charge on any atom is 0.331 e. The Balaban J connectivity index is 2.02. The van der Waals surface area contributed by atoms with E-state index in [-0.39, 0.29) is 0 Å². The van der Waals surface area contributed by atoms with Crippen molar-refractivity contribution >= 4 is 34.7 Å². The number of carbonyl (C=O) groups excluding carboxylic acids is 1. The van der Waals surface area contributed by atoms with Crippen molar-refractivity contribution in [1.29, 1.82) is 0 Å². The summed E-state index contributed by atoms with van der Waals surface area (Å²) in [5.74, 6) is -1.08. The molecular formula is C13H15N3O3S2. The minimum Gasteiger partial charge on any atom is -0.479 e. The molecule has 8 heteroatoms. The average molecular weight is 325 g/mol. The van der Waals surface area contributed by atoms with Gasteiger partial charge in [0.25, 0.3) is 0 Å². The third kappa shape index (κ3) is 3.79. The number of carboxylic acids is 1. The highest BCUT2D eigenvalue weighted by molar-refractivity contribution is 7.10. The number of thiazole rings is 1. The molecule has 21 heavy (non-hydrogen) atoms. The zero-order valence-corrected chi connectivity index (χ0v) is 13.2. The van der Waals surface area contributed by atoms with E-state index < -0.39 is 18.0 Å². The molecule has 0 saturated carbocycles. The van der Waals surface area contributed by atoms with E-state index in [4.69, 9.17) is 0 Å². The van der Waals surface area contributed by atoms with Crippen molar-refractivity contribution in [3.8, 4) is 0 Å². The number of hydrogen-bond acceptors (Lipinski definition) is 5. The Kier molecular flexibility index (Phi) is 4.92. The van der Waals surface area contributed by atoms with Crippen LogP contribution in [0.5, 0.6) is 0 Å². The van der Waals surface area contributed by atoms with Crippen molar-refractivity contribution in [1.82, 2.24) is 15.2 Å². The van der Waals surface area contributed by atoms with E-state index in [1.54, 1.807) is 30.1 Å². The summed E-state index contributed by atoms with van der Waals surface area (Å²) in [6, 6.07) is 2.00. The van der Waals surface area contributed by atoms with Gasteiger partial charge in [-0.25, -0.2) is 14.6 Å². The molecule has 1 unspecified atom stereocenters. The zero-order valence-electron chi connectivity index (χ0n) is 11.6. The highest BCUT2D eigenvalue weighted by Crippen LogP contribution is 2.20. The van der Waals surface area contributed by atoms with Gasteiger partial charge in [-0.15, -0.1) is 22.7 Å². The lowest BCUT2D eigenvalue weighted by atomic mass is 10.2. The Bertz CT molecular complexity index is 624. The molecule has 0 radical (unpaired) electrons. The normalized spacial score (nSPS) is 11.9. The molecule has 0 aromatic carbocycles. The summed E-state index contributed by atoms with van der Waals surface area (Å²) in [7, 11) is 1.63. The Morgan fingerprint density at radius 3 is 2.76 bits per heavy atom. The molecule has 2 aromatic heterocycles. The lowest BCUT2D eigenvalue weighted by Crippen LogP contribution is -2.41. The molecule has 0 bridgehead atoms. The zero-order chi connectivity index (χ0) is 15.4. The lowest BCUT2D eigenvalue weighted by molar-refractivity contribution is -0.139. The smallest absolute Gasteiger partial charge is 0.331 e. The number of nitrogens with one attached hydrogen (secondary N) is 1. The molecule has 2 aromatic rings. The van der Waals surface area contributed by atoms with Crippen LogP contribution in [-0.4, -0.2) is 34.0 Å². The first-order valence-corrected chi connectivity index (χ1v) is 7.91. The predicted molar refractivity (Wildman–Crippen MR) is 81.5 cm³/mol. The van der Waals surface area contributed by atoms with Gasteiger partial charge in [-0.3, -0.25) is 0 Å². The lowest BCUT2D eigenvalue weighted by Gasteiger charge is -2.20. The number of aryl methyl sites for hydroxylation is 1. The molecule has 112 valence electrons. The van der Waals surface area contributed by atoms with Crippen LogP contribution in [0.4, 0.5) is 4.79 Å².